The maximum absolute atomic E-state index is 12.3. The Morgan fingerprint density at radius 3 is 2.74 bits per heavy atom. The van der Waals surface area contributed by atoms with E-state index in [0.717, 1.165) is 9.35 Å². The van der Waals surface area contributed by atoms with Gasteiger partial charge >= 0.3 is 0 Å². The third-order valence-electron chi connectivity index (χ3n) is 2.60. The van der Waals surface area contributed by atoms with Gasteiger partial charge in [0.05, 0.1) is 11.5 Å². The molecule has 0 amide bonds. The fraction of sp³-hybridized carbons (Fsp3) is 0.273. The van der Waals surface area contributed by atoms with Gasteiger partial charge in [-0.3, -0.25) is 0 Å². The van der Waals surface area contributed by atoms with Crippen LogP contribution in [0.5, 0.6) is 0 Å². The van der Waals surface area contributed by atoms with E-state index in [1.54, 1.807) is 0 Å². The van der Waals surface area contributed by atoms with Crippen molar-refractivity contribution in [2.75, 3.05) is 7.05 Å². The average Bonchev–Trinajstić information content (AvgIpc) is 2.98. The zero-order valence-corrected chi connectivity index (χ0v) is 13.3. The first-order valence-electron chi connectivity index (χ1n) is 5.41. The molecule has 0 radical (unpaired) electrons. The molecule has 2 aromatic rings. The summed E-state index contributed by atoms with van der Waals surface area (Å²) in [5.41, 5.74) is 0.478. The van der Waals surface area contributed by atoms with E-state index in [0.29, 0.717) is 12.2 Å². The van der Waals surface area contributed by atoms with Crippen molar-refractivity contribution in [1.29, 1.82) is 0 Å². The van der Waals surface area contributed by atoms with Gasteiger partial charge in [0, 0.05) is 40.2 Å². The molecule has 0 bridgehead atoms. The summed E-state index contributed by atoms with van der Waals surface area (Å²) in [5, 5.41) is 10.9. The quantitative estimate of drug-likeness (QED) is 0.853. The number of halogens is 1. The van der Waals surface area contributed by atoms with Crippen molar-refractivity contribution >= 4 is 37.3 Å². The van der Waals surface area contributed by atoms with E-state index in [-0.39, 0.29) is 11.5 Å². The Kier molecular flexibility index (Phi) is 4.46. The fourth-order valence-corrected chi connectivity index (χ4v) is 4.33. The summed E-state index contributed by atoms with van der Waals surface area (Å²) in [6, 6.07) is 3.34. The maximum Gasteiger partial charge on any atom is 0.244 e. The molecule has 0 aliphatic rings. The minimum Gasteiger partial charge on any atom is -0.390 e. The van der Waals surface area contributed by atoms with Crippen LogP contribution in [0.25, 0.3) is 0 Å². The molecule has 0 aromatic carbocycles. The minimum atomic E-state index is -3.53. The van der Waals surface area contributed by atoms with Gasteiger partial charge in [0.15, 0.2) is 0 Å². The van der Waals surface area contributed by atoms with Crippen molar-refractivity contribution < 1.29 is 13.5 Å². The Morgan fingerprint density at radius 1 is 1.47 bits per heavy atom. The van der Waals surface area contributed by atoms with Crippen LogP contribution in [0, 0.1) is 0 Å². The maximum atomic E-state index is 12.3. The Balaban J connectivity index is 2.19. The molecule has 0 saturated carbocycles. The predicted octanol–water partition coefficient (Wildman–Crippen LogP) is 2.15. The van der Waals surface area contributed by atoms with Crippen molar-refractivity contribution in [3.8, 4) is 0 Å². The lowest BCUT2D eigenvalue weighted by molar-refractivity contribution is 0.277. The van der Waals surface area contributed by atoms with Crippen LogP contribution in [0.4, 0.5) is 0 Å². The molecule has 0 fully saturated rings. The molecule has 0 atom stereocenters. The van der Waals surface area contributed by atoms with Gasteiger partial charge in [-0.05, 0) is 28.1 Å². The van der Waals surface area contributed by atoms with E-state index < -0.39 is 10.0 Å². The number of hydrogen-bond donors (Lipinski definition) is 2. The molecule has 2 rings (SSSR count). The number of nitrogens with zero attached hydrogens (tertiary/aromatic N) is 1. The number of aromatic amines is 1. The monoisotopic (exact) mass is 364 g/mol. The van der Waals surface area contributed by atoms with E-state index in [4.69, 9.17) is 5.11 Å². The molecule has 0 unspecified atom stereocenters. The number of hydrogen-bond acceptors (Lipinski definition) is 4. The van der Waals surface area contributed by atoms with Crippen molar-refractivity contribution in [3.05, 3.63) is 38.8 Å². The molecule has 5 nitrogen and oxygen atoms in total. The van der Waals surface area contributed by atoms with Crippen molar-refractivity contribution in [2.24, 2.45) is 0 Å². The second kappa shape index (κ2) is 5.76. The molecule has 8 heteroatoms. The van der Waals surface area contributed by atoms with Gasteiger partial charge in [0.2, 0.25) is 10.0 Å². The first-order valence-corrected chi connectivity index (χ1v) is 8.52. The molecule has 0 saturated heterocycles. The third kappa shape index (κ3) is 3.26. The van der Waals surface area contributed by atoms with Crippen LogP contribution in [0.2, 0.25) is 0 Å². The predicted molar refractivity (Wildman–Crippen MR) is 77.4 cm³/mol. The smallest absolute Gasteiger partial charge is 0.244 e. The second-order valence-corrected chi connectivity index (χ2v) is 7.97. The molecule has 0 aliphatic carbocycles. The zero-order valence-electron chi connectivity index (χ0n) is 10.1. The molecular weight excluding hydrogens is 352 g/mol. The summed E-state index contributed by atoms with van der Waals surface area (Å²) in [7, 11) is -2.00. The molecule has 19 heavy (non-hydrogen) atoms. The number of aliphatic hydroxyl groups excluding tert-OH is 1. The highest BCUT2D eigenvalue weighted by atomic mass is 79.9. The Labute approximate surface area is 124 Å². The molecule has 0 aliphatic heterocycles. The van der Waals surface area contributed by atoms with Crippen LogP contribution in [-0.2, 0) is 23.2 Å². The van der Waals surface area contributed by atoms with Crippen LogP contribution in [0.15, 0.2) is 33.1 Å². The molecule has 0 spiro atoms. The fourth-order valence-electron chi connectivity index (χ4n) is 1.58. The van der Waals surface area contributed by atoms with Crippen LogP contribution < -0.4 is 0 Å². The normalized spacial score (nSPS) is 12.2. The van der Waals surface area contributed by atoms with Gasteiger partial charge in [-0.2, -0.15) is 4.31 Å². The van der Waals surface area contributed by atoms with E-state index in [1.165, 1.54) is 35.0 Å². The number of aromatic nitrogens is 1. The molecule has 2 aromatic heterocycles. The number of aliphatic hydroxyl groups is 1. The van der Waals surface area contributed by atoms with Crippen molar-refractivity contribution in [3.63, 3.8) is 0 Å². The van der Waals surface area contributed by atoms with Gasteiger partial charge in [-0.1, -0.05) is 0 Å². The Hall–Kier alpha value is -0.670. The number of thiophene rings is 1. The van der Waals surface area contributed by atoms with Crippen LogP contribution in [0.1, 0.15) is 10.6 Å². The SMILES string of the molecule is CN(Cc1cc(Br)cs1)S(=O)(=O)c1c[nH]c(CO)c1. The largest absolute Gasteiger partial charge is 0.390 e. The molecular formula is C11H13BrN2O3S2. The first kappa shape index (κ1) is 14.7. The highest BCUT2D eigenvalue weighted by molar-refractivity contribution is 9.10. The lowest BCUT2D eigenvalue weighted by Gasteiger charge is -2.15. The van der Waals surface area contributed by atoms with Crippen LogP contribution >= 0.6 is 27.3 Å². The molecule has 104 valence electrons. The van der Waals surface area contributed by atoms with E-state index in [2.05, 4.69) is 20.9 Å². The zero-order chi connectivity index (χ0) is 14.0. The summed E-state index contributed by atoms with van der Waals surface area (Å²) in [5.74, 6) is 0. The highest BCUT2D eigenvalue weighted by Gasteiger charge is 2.22. The van der Waals surface area contributed by atoms with Crippen molar-refractivity contribution in [2.45, 2.75) is 18.0 Å². The van der Waals surface area contributed by atoms with Gasteiger partial charge in [-0.25, -0.2) is 8.42 Å². The summed E-state index contributed by atoms with van der Waals surface area (Å²) in [6.07, 6.45) is 1.39. The number of nitrogens with one attached hydrogen (secondary N) is 1. The lowest BCUT2D eigenvalue weighted by atomic mass is 10.5. The average molecular weight is 365 g/mol. The number of rotatable bonds is 5. The Bertz CT molecular complexity index is 663. The van der Waals surface area contributed by atoms with E-state index >= 15 is 0 Å². The second-order valence-electron chi connectivity index (χ2n) is 4.01. The van der Waals surface area contributed by atoms with Crippen LogP contribution in [0.3, 0.4) is 0 Å². The molecule has 2 heterocycles. The lowest BCUT2D eigenvalue weighted by Crippen LogP contribution is -2.25. The van der Waals surface area contributed by atoms with Crippen LogP contribution in [-0.4, -0.2) is 29.9 Å². The Morgan fingerprint density at radius 2 is 2.21 bits per heavy atom. The van der Waals surface area contributed by atoms with Crippen molar-refractivity contribution in [1.82, 2.24) is 9.29 Å². The highest BCUT2D eigenvalue weighted by Crippen LogP contribution is 2.23. The third-order valence-corrected chi connectivity index (χ3v) is 6.06. The summed E-state index contributed by atoms with van der Waals surface area (Å²) < 4.78 is 26.8. The van der Waals surface area contributed by atoms with E-state index in [1.807, 2.05) is 11.4 Å². The van der Waals surface area contributed by atoms with Gasteiger partial charge in [0.1, 0.15) is 0 Å². The summed E-state index contributed by atoms with van der Waals surface area (Å²) in [4.78, 5) is 3.84. The van der Waals surface area contributed by atoms with Gasteiger partial charge < -0.3 is 10.1 Å². The topological polar surface area (TPSA) is 73.4 Å². The van der Waals surface area contributed by atoms with Gasteiger partial charge in [0.25, 0.3) is 0 Å². The molecule has 2 N–H and O–H groups in total. The van der Waals surface area contributed by atoms with Gasteiger partial charge in [-0.15, -0.1) is 11.3 Å². The minimum absolute atomic E-state index is 0.162. The summed E-state index contributed by atoms with van der Waals surface area (Å²) >= 11 is 4.84. The number of H-pyrrole nitrogens is 1. The van der Waals surface area contributed by atoms with E-state index in [9.17, 15) is 8.42 Å². The first-order chi connectivity index (χ1) is 8.93. The summed E-state index contributed by atoms with van der Waals surface area (Å²) in [6.45, 7) is 0.106. The number of sulfonamides is 1. The standard InChI is InChI=1S/C11H13BrN2O3S2/c1-14(5-10-2-8(12)7-18-10)19(16,17)11-3-9(6-15)13-4-11/h2-4,7,13,15H,5-6H2,1H3.